The van der Waals surface area contributed by atoms with Gasteiger partial charge in [-0.3, -0.25) is 19.3 Å². The second kappa shape index (κ2) is 14.2. The molecule has 2 heterocycles. The molecule has 1 aliphatic rings. The zero-order chi connectivity index (χ0) is 29.4. The summed E-state index contributed by atoms with van der Waals surface area (Å²) in [6, 6.07) is 6.56. The van der Waals surface area contributed by atoms with Crippen LogP contribution in [0, 0.1) is 12.3 Å². The molecule has 220 valence electrons. The summed E-state index contributed by atoms with van der Waals surface area (Å²) >= 11 is 1.61. The summed E-state index contributed by atoms with van der Waals surface area (Å²) in [5.41, 5.74) is 10.0. The zero-order valence-electron chi connectivity index (χ0n) is 24.3. The first-order chi connectivity index (χ1) is 18.9. The lowest BCUT2D eigenvalue weighted by atomic mass is 9.85. The van der Waals surface area contributed by atoms with Gasteiger partial charge in [0.05, 0.1) is 28.7 Å². The van der Waals surface area contributed by atoms with Gasteiger partial charge < -0.3 is 26.4 Å². The van der Waals surface area contributed by atoms with Crippen molar-refractivity contribution in [2.24, 2.45) is 11.1 Å². The Morgan fingerprint density at radius 3 is 2.55 bits per heavy atom. The molecule has 0 saturated carbocycles. The van der Waals surface area contributed by atoms with Crippen LogP contribution in [0.5, 0.6) is 0 Å². The largest absolute Gasteiger partial charge is 0.391 e. The molecule has 1 aliphatic heterocycles. The van der Waals surface area contributed by atoms with Crippen molar-refractivity contribution in [3.05, 3.63) is 41.0 Å². The molecule has 1 aromatic carbocycles. The van der Waals surface area contributed by atoms with Crippen molar-refractivity contribution >= 4 is 29.1 Å². The smallest absolute Gasteiger partial charge is 0.246 e. The van der Waals surface area contributed by atoms with Gasteiger partial charge in [-0.2, -0.15) is 0 Å². The Hall–Kier alpha value is -2.86. The number of nitrogens with two attached hydrogens (primary N) is 1. The SMILES string of the molecule is Cc1ncsc1-c1ccc(CCNC(=O)[C@@H]2C[C@H](O)CN2C(=O)[C@@H](NC(=O)CN(C)CCCN)C(C)(C)C)cc1. The second-order valence-corrected chi connectivity index (χ2v) is 12.5. The van der Waals surface area contributed by atoms with Crippen LogP contribution in [0.15, 0.2) is 29.8 Å². The highest BCUT2D eigenvalue weighted by Crippen LogP contribution is 2.28. The minimum atomic E-state index is -0.843. The van der Waals surface area contributed by atoms with Crippen molar-refractivity contribution in [3.8, 4) is 10.4 Å². The molecule has 5 N–H and O–H groups in total. The van der Waals surface area contributed by atoms with Crippen molar-refractivity contribution < 1.29 is 19.5 Å². The van der Waals surface area contributed by atoms with Crippen molar-refractivity contribution in [2.75, 3.05) is 39.8 Å². The third-order valence-electron chi connectivity index (χ3n) is 7.12. The van der Waals surface area contributed by atoms with Crippen LogP contribution < -0.4 is 16.4 Å². The molecule has 3 amide bonds. The van der Waals surface area contributed by atoms with E-state index >= 15 is 0 Å². The Morgan fingerprint density at radius 2 is 1.95 bits per heavy atom. The lowest BCUT2D eigenvalue weighted by Gasteiger charge is -2.35. The van der Waals surface area contributed by atoms with Crippen molar-refractivity contribution in [1.29, 1.82) is 0 Å². The Kier molecular flexibility index (Phi) is 11.2. The van der Waals surface area contributed by atoms with E-state index in [9.17, 15) is 19.5 Å². The summed E-state index contributed by atoms with van der Waals surface area (Å²) in [5, 5.41) is 16.2. The number of amides is 3. The number of hydrogen-bond acceptors (Lipinski definition) is 8. The van der Waals surface area contributed by atoms with Gasteiger partial charge in [-0.05, 0) is 56.4 Å². The first-order valence-electron chi connectivity index (χ1n) is 13.8. The quantitative estimate of drug-likeness (QED) is 0.302. The molecule has 3 rings (SSSR count). The van der Waals surface area contributed by atoms with Gasteiger partial charge in [0.15, 0.2) is 0 Å². The molecule has 0 unspecified atom stereocenters. The van der Waals surface area contributed by atoms with Crippen LogP contribution in [0.4, 0.5) is 0 Å². The lowest BCUT2D eigenvalue weighted by Crippen LogP contribution is -2.58. The summed E-state index contributed by atoms with van der Waals surface area (Å²) in [4.78, 5) is 48.3. The number of aliphatic hydroxyl groups is 1. The number of hydrogen-bond donors (Lipinski definition) is 4. The normalized spacial score (nSPS) is 18.1. The molecule has 0 radical (unpaired) electrons. The maximum absolute atomic E-state index is 13.7. The Morgan fingerprint density at radius 1 is 1.25 bits per heavy atom. The molecular formula is C29H44N6O4S. The number of β-amino-alcohol motifs (C(OH)–C–C–N with tert-alkyl or cyclic N) is 1. The number of carbonyl (C=O) groups is 3. The van der Waals surface area contributed by atoms with Crippen LogP contribution in [0.25, 0.3) is 10.4 Å². The molecular weight excluding hydrogens is 528 g/mol. The van der Waals surface area contributed by atoms with Crippen LogP contribution in [0.2, 0.25) is 0 Å². The maximum Gasteiger partial charge on any atom is 0.246 e. The van der Waals surface area contributed by atoms with E-state index in [1.807, 2.05) is 57.3 Å². The number of aromatic nitrogens is 1. The minimum absolute atomic E-state index is 0.0498. The summed E-state index contributed by atoms with van der Waals surface area (Å²) in [5.74, 6) is -0.941. The Balaban J connectivity index is 1.59. The molecule has 11 heteroatoms. The summed E-state index contributed by atoms with van der Waals surface area (Å²) in [7, 11) is 1.83. The first-order valence-corrected chi connectivity index (χ1v) is 14.7. The van der Waals surface area contributed by atoms with Gasteiger partial charge in [0.25, 0.3) is 0 Å². The van der Waals surface area contributed by atoms with E-state index in [0.717, 1.165) is 28.1 Å². The average molecular weight is 573 g/mol. The van der Waals surface area contributed by atoms with Gasteiger partial charge in [0.2, 0.25) is 17.7 Å². The lowest BCUT2D eigenvalue weighted by molar-refractivity contribution is -0.144. The highest BCUT2D eigenvalue weighted by Gasteiger charge is 2.44. The predicted molar refractivity (Wildman–Crippen MR) is 158 cm³/mol. The fraction of sp³-hybridized carbons (Fsp3) is 0.586. The van der Waals surface area contributed by atoms with Gasteiger partial charge in [-0.25, -0.2) is 4.98 Å². The van der Waals surface area contributed by atoms with Crippen LogP contribution in [-0.2, 0) is 20.8 Å². The number of likely N-dealkylation sites (N-methyl/N-ethyl adjacent to an activating group) is 1. The number of benzene rings is 1. The minimum Gasteiger partial charge on any atom is -0.391 e. The molecule has 1 saturated heterocycles. The number of aliphatic hydroxyl groups excluding tert-OH is 1. The predicted octanol–water partition coefficient (Wildman–Crippen LogP) is 1.55. The van der Waals surface area contributed by atoms with E-state index in [1.165, 1.54) is 4.90 Å². The number of thiazole rings is 1. The van der Waals surface area contributed by atoms with Gasteiger partial charge in [-0.1, -0.05) is 45.0 Å². The van der Waals surface area contributed by atoms with Gasteiger partial charge in [0, 0.05) is 19.5 Å². The summed E-state index contributed by atoms with van der Waals surface area (Å²) in [6.07, 6.45) is 0.759. The Bertz CT molecular complexity index is 1150. The molecule has 2 aromatic rings. The number of rotatable bonds is 12. The van der Waals surface area contributed by atoms with Gasteiger partial charge >= 0.3 is 0 Å². The number of nitrogens with zero attached hydrogens (tertiary/aromatic N) is 3. The summed E-state index contributed by atoms with van der Waals surface area (Å²) < 4.78 is 0. The number of aryl methyl sites for hydroxylation is 1. The average Bonchev–Trinajstić information content (AvgIpc) is 3.50. The van der Waals surface area contributed by atoms with E-state index in [2.05, 4.69) is 27.8 Å². The van der Waals surface area contributed by atoms with Crippen molar-refractivity contribution in [3.63, 3.8) is 0 Å². The molecule has 10 nitrogen and oxygen atoms in total. The molecule has 1 aromatic heterocycles. The second-order valence-electron chi connectivity index (χ2n) is 11.6. The van der Waals surface area contributed by atoms with Crippen LogP contribution in [0.1, 0.15) is 44.9 Å². The Labute approximate surface area is 241 Å². The highest BCUT2D eigenvalue weighted by molar-refractivity contribution is 7.13. The maximum atomic E-state index is 13.7. The van der Waals surface area contributed by atoms with E-state index in [0.29, 0.717) is 26.1 Å². The molecule has 3 atom stereocenters. The van der Waals surface area contributed by atoms with Crippen LogP contribution in [-0.4, -0.2) is 95.6 Å². The van der Waals surface area contributed by atoms with Crippen LogP contribution >= 0.6 is 11.3 Å². The topological polar surface area (TPSA) is 141 Å². The van der Waals surface area contributed by atoms with Crippen molar-refractivity contribution in [1.82, 2.24) is 25.4 Å². The van der Waals surface area contributed by atoms with E-state index in [4.69, 9.17) is 5.73 Å². The number of carbonyl (C=O) groups excluding carboxylic acids is 3. The monoisotopic (exact) mass is 572 g/mol. The fourth-order valence-electron chi connectivity index (χ4n) is 4.86. The van der Waals surface area contributed by atoms with E-state index in [-0.39, 0.29) is 37.2 Å². The number of likely N-dealkylation sites (tertiary alicyclic amines) is 1. The third kappa shape index (κ3) is 8.57. The standard InChI is InChI=1S/C29H44N6O4S/c1-19-25(40-18-32-19)21-9-7-20(8-10-21)11-13-31-27(38)23-15-22(36)16-35(23)28(39)26(29(2,3)4)33-24(37)17-34(5)14-6-12-30/h7-10,18,22-23,26,36H,6,11-17,30H2,1-5H3,(H,31,38)(H,33,37)/t22-,23-,26+/m0/s1. The van der Waals surface area contributed by atoms with Crippen LogP contribution in [0.3, 0.4) is 0 Å². The van der Waals surface area contributed by atoms with Crippen molar-refractivity contribution in [2.45, 2.75) is 65.1 Å². The third-order valence-corrected chi connectivity index (χ3v) is 8.09. The van der Waals surface area contributed by atoms with Gasteiger partial charge in [0.1, 0.15) is 12.1 Å². The molecule has 0 aliphatic carbocycles. The van der Waals surface area contributed by atoms with E-state index < -0.39 is 23.6 Å². The van der Waals surface area contributed by atoms with Gasteiger partial charge in [-0.15, -0.1) is 11.3 Å². The first kappa shape index (κ1) is 31.7. The summed E-state index contributed by atoms with van der Waals surface area (Å²) in [6.45, 7) is 9.41. The number of nitrogens with one attached hydrogen (secondary N) is 2. The highest BCUT2D eigenvalue weighted by atomic mass is 32.1. The molecule has 0 spiro atoms. The fourth-order valence-corrected chi connectivity index (χ4v) is 5.67. The molecule has 40 heavy (non-hydrogen) atoms. The van der Waals surface area contributed by atoms with E-state index in [1.54, 1.807) is 11.3 Å². The molecule has 0 bridgehead atoms. The zero-order valence-corrected chi connectivity index (χ0v) is 25.1. The molecule has 1 fully saturated rings.